The summed E-state index contributed by atoms with van der Waals surface area (Å²) in [6, 6.07) is 26.4. The van der Waals surface area contributed by atoms with Crippen LogP contribution in [-0.4, -0.2) is 17.1 Å². The van der Waals surface area contributed by atoms with Gasteiger partial charge >= 0.3 is 0 Å². The van der Waals surface area contributed by atoms with Gasteiger partial charge in [0.2, 0.25) is 0 Å². The maximum atomic E-state index is 13.5. The molecular weight excluding hydrogens is 428 g/mol. The summed E-state index contributed by atoms with van der Waals surface area (Å²) in [7, 11) is 1.66. The lowest BCUT2D eigenvalue weighted by Gasteiger charge is -2.17. The van der Waals surface area contributed by atoms with Gasteiger partial charge in [-0.15, -0.1) is 11.3 Å². The van der Waals surface area contributed by atoms with Gasteiger partial charge in [0.25, 0.3) is 5.56 Å². The summed E-state index contributed by atoms with van der Waals surface area (Å²) in [5, 5.41) is 0.616. The molecule has 2 heterocycles. The number of hydrogen-bond donors (Lipinski definition) is 1. The molecule has 0 saturated carbocycles. The molecule has 0 amide bonds. The van der Waals surface area contributed by atoms with Crippen molar-refractivity contribution in [3.05, 3.63) is 117 Å². The molecule has 0 aliphatic rings. The van der Waals surface area contributed by atoms with Gasteiger partial charge in [0, 0.05) is 16.0 Å². The highest BCUT2D eigenvalue weighted by atomic mass is 32.1. The summed E-state index contributed by atoms with van der Waals surface area (Å²) in [5.41, 5.74) is 4.96. The summed E-state index contributed by atoms with van der Waals surface area (Å²) < 4.78 is 5.62. The Morgan fingerprint density at radius 2 is 1.55 bits per heavy atom. The zero-order chi connectivity index (χ0) is 22.9. The van der Waals surface area contributed by atoms with Crippen LogP contribution in [0.4, 0.5) is 0 Å². The number of benzene rings is 3. The number of thiophene rings is 1. The van der Waals surface area contributed by atoms with Crippen LogP contribution in [0.2, 0.25) is 0 Å². The number of H-pyrrole nitrogens is 1. The van der Waals surface area contributed by atoms with E-state index in [0.717, 1.165) is 43.3 Å². The van der Waals surface area contributed by atoms with Gasteiger partial charge in [0.1, 0.15) is 16.4 Å². The van der Waals surface area contributed by atoms with Crippen LogP contribution in [0, 0.1) is 13.8 Å². The molecular formula is C28H24N2O2S. The van der Waals surface area contributed by atoms with Gasteiger partial charge in [-0.25, -0.2) is 4.98 Å². The molecule has 0 unspecified atom stereocenters. The van der Waals surface area contributed by atoms with Gasteiger partial charge in [-0.3, -0.25) is 4.79 Å². The van der Waals surface area contributed by atoms with Crippen molar-refractivity contribution >= 4 is 21.6 Å². The van der Waals surface area contributed by atoms with E-state index in [1.165, 1.54) is 0 Å². The topological polar surface area (TPSA) is 55.0 Å². The number of aromatic amines is 1. The smallest absolute Gasteiger partial charge is 0.260 e. The average molecular weight is 453 g/mol. The molecule has 33 heavy (non-hydrogen) atoms. The number of fused-ring (bicyclic) bond motifs is 1. The van der Waals surface area contributed by atoms with Crippen LogP contribution in [-0.2, 0) is 0 Å². The van der Waals surface area contributed by atoms with E-state index in [-0.39, 0.29) is 11.5 Å². The van der Waals surface area contributed by atoms with E-state index in [9.17, 15) is 4.79 Å². The van der Waals surface area contributed by atoms with Crippen LogP contribution in [0.1, 0.15) is 33.3 Å². The molecule has 0 aliphatic heterocycles. The fourth-order valence-corrected chi connectivity index (χ4v) is 5.46. The van der Waals surface area contributed by atoms with Crippen molar-refractivity contribution in [1.29, 1.82) is 0 Å². The highest BCUT2D eigenvalue weighted by Crippen LogP contribution is 2.41. The zero-order valence-electron chi connectivity index (χ0n) is 18.8. The highest BCUT2D eigenvalue weighted by molar-refractivity contribution is 7.19. The molecule has 0 spiro atoms. The van der Waals surface area contributed by atoms with Crippen LogP contribution in [0.5, 0.6) is 5.75 Å². The van der Waals surface area contributed by atoms with E-state index in [2.05, 4.69) is 35.3 Å². The second-order valence-corrected chi connectivity index (χ2v) is 9.33. The zero-order valence-corrected chi connectivity index (χ0v) is 19.6. The largest absolute Gasteiger partial charge is 0.496 e. The SMILES string of the molecule is COc1ccc(C)cc1-c1c(C)sc2nc(C(c3ccccc3)c3ccccc3)[nH]c(=O)c12. The van der Waals surface area contributed by atoms with E-state index >= 15 is 0 Å². The lowest BCUT2D eigenvalue weighted by atomic mass is 9.90. The number of ether oxygens (including phenoxy) is 1. The van der Waals surface area contributed by atoms with Gasteiger partial charge in [0.05, 0.1) is 18.4 Å². The molecule has 0 atom stereocenters. The Morgan fingerprint density at radius 3 is 2.15 bits per heavy atom. The second kappa shape index (κ2) is 8.68. The van der Waals surface area contributed by atoms with E-state index in [4.69, 9.17) is 9.72 Å². The third kappa shape index (κ3) is 3.85. The number of methoxy groups -OCH3 is 1. The van der Waals surface area contributed by atoms with Gasteiger partial charge in [-0.05, 0) is 37.1 Å². The molecule has 0 saturated heterocycles. The summed E-state index contributed by atoms with van der Waals surface area (Å²) in [4.78, 5) is 23.4. The van der Waals surface area contributed by atoms with E-state index in [1.807, 2.05) is 62.4 Å². The maximum Gasteiger partial charge on any atom is 0.260 e. The summed E-state index contributed by atoms with van der Waals surface area (Å²) in [6.07, 6.45) is 0. The minimum absolute atomic E-state index is 0.130. The average Bonchev–Trinajstić information content (AvgIpc) is 3.17. The molecule has 0 radical (unpaired) electrons. The lowest BCUT2D eigenvalue weighted by Crippen LogP contribution is -2.16. The van der Waals surface area contributed by atoms with Crippen molar-refractivity contribution in [2.45, 2.75) is 19.8 Å². The molecule has 1 N–H and O–H groups in total. The monoisotopic (exact) mass is 452 g/mol. The number of rotatable bonds is 5. The minimum atomic E-state index is -0.163. The van der Waals surface area contributed by atoms with Crippen molar-refractivity contribution in [3.8, 4) is 16.9 Å². The molecule has 4 nitrogen and oxygen atoms in total. The molecule has 5 heteroatoms. The van der Waals surface area contributed by atoms with Crippen molar-refractivity contribution < 1.29 is 4.74 Å². The van der Waals surface area contributed by atoms with Crippen molar-refractivity contribution in [2.24, 2.45) is 0 Å². The normalized spacial score (nSPS) is 11.3. The Hall–Kier alpha value is -3.70. The molecule has 3 aromatic carbocycles. The van der Waals surface area contributed by atoms with Gasteiger partial charge < -0.3 is 9.72 Å². The number of nitrogens with one attached hydrogen (secondary N) is 1. The Morgan fingerprint density at radius 1 is 0.909 bits per heavy atom. The van der Waals surface area contributed by atoms with Crippen molar-refractivity contribution in [2.75, 3.05) is 7.11 Å². The molecule has 2 aromatic heterocycles. The summed E-state index contributed by atoms with van der Waals surface area (Å²) in [6.45, 7) is 4.08. The van der Waals surface area contributed by atoms with Crippen LogP contribution < -0.4 is 10.3 Å². The van der Waals surface area contributed by atoms with Gasteiger partial charge in [-0.1, -0.05) is 72.3 Å². The second-order valence-electron chi connectivity index (χ2n) is 8.12. The molecule has 0 aliphatic carbocycles. The van der Waals surface area contributed by atoms with Crippen LogP contribution >= 0.6 is 11.3 Å². The fourth-order valence-electron chi connectivity index (χ4n) is 4.41. The quantitative estimate of drug-likeness (QED) is 0.333. The van der Waals surface area contributed by atoms with Gasteiger partial charge in [-0.2, -0.15) is 0 Å². The van der Waals surface area contributed by atoms with E-state index < -0.39 is 0 Å². The molecule has 164 valence electrons. The first-order valence-corrected chi connectivity index (χ1v) is 11.7. The Labute approximate surface area is 196 Å². The minimum Gasteiger partial charge on any atom is -0.496 e. The first-order chi connectivity index (χ1) is 16.1. The third-order valence-electron chi connectivity index (χ3n) is 5.92. The highest BCUT2D eigenvalue weighted by Gasteiger charge is 2.24. The number of nitrogens with zero attached hydrogens (tertiary/aromatic N) is 1. The first-order valence-electron chi connectivity index (χ1n) is 10.8. The Balaban J connectivity index is 1.74. The predicted octanol–water partition coefficient (Wildman–Crippen LogP) is 6.46. The van der Waals surface area contributed by atoms with Crippen LogP contribution in [0.3, 0.4) is 0 Å². The summed E-state index contributed by atoms with van der Waals surface area (Å²) >= 11 is 1.55. The Kier molecular flexibility index (Phi) is 5.56. The first kappa shape index (κ1) is 21.2. The van der Waals surface area contributed by atoms with Gasteiger partial charge in [0.15, 0.2) is 0 Å². The molecule has 0 fully saturated rings. The van der Waals surface area contributed by atoms with Crippen molar-refractivity contribution in [3.63, 3.8) is 0 Å². The molecule has 5 rings (SSSR count). The van der Waals surface area contributed by atoms with E-state index in [0.29, 0.717) is 11.2 Å². The number of aromatic nitrogens is 2. The maximum absolute atomic E-state index is 13.5. The fraction of sp³-hybridized carbons (Fsp3) is 0.143. The summed E-state index contributed by atoms with van der Waals surface area (Å²) in [5.74, 6) is 1.23. The van der Waals surface area contributed by atoms with Crippen LogP contribution in [0.15, 0.2) is 83.7 Å². The number of hydrogen-bond acceptors (Lipinski definition) is 4. The van der Waals surface area contributed by atoms with E-state index in [1.54, 1.807) is 18.4 Å². The lowest BCUT2D eigenvalue weighted by molar-refractivity contribution is 0.416. The van der Waals surface area contributed by atoms with Crippen LogP contribution in [0.25, 0.3) is 21.3 Å². The molecule has 5 aromatic rings. The Bertz CT molecular complexity index is 1450. The molecule has 0 bridgehead atoms. The predicted molar refractivity (Wildman–Crippen MR) is 136 cm³/mol. The standard InChI is InChI=1S/C28H24N2O2S/c1-17-14-15-22(32-3)21(16-17)23-18(2)33-28-25(23)27(31)29-26(30-28)24(19-10-6-4-7-11-19)20-12-8-5-9-13-20/h4-16,24H,1-3H3,(H,29,30,31). The van der Waals surface area contributed by atoms with Crippen molar-refractivity contribution in [1.82, 2.24) is 9.97 Å². The number of aryl methyl sites for hydroxylation is 2. The third-order valence-corrected chi connectivity index (χ3v) is 6.92.